The lowest BCUT2D eigenvalue weighted by atomic mass is 9.93. The van der Waals surface area contributed by atoms with Crippen molar-refractivity contribution in [2.75, 3.05) is 20.1 Å². The van der Waals surface area contributed by atoms with Gasteiger partial charge >= 0.3 is 0 Å². The molecule has 110 valence electrons. The number of nitrogens with zero attached hydrogens (tertiary/aromatic N) is 2. The molecule has 0 saturated carbocycles. The number of nitro benzene ring substituents is 1. The molecule has 20 heavy (non-hydrogen) atoms. The molecule has 0 aromatic heterocycles. The van der Waals surface area contributed by atoms with E-state index in [4.69, 9.17) is 17.3 Å². The van der Waals surface area contributed by atoms with Crippen LogP contribution >= 0.6 is 11.6 Å². The fraction of sp³-hybridized carbons (Fsp3) is 0.462. The Morgan fingerprint density at radius 3 is 2.55 bits per heavy atom. The van der Waals surface area contributed by atoms with Gasteiger partial charge in [-0.3, -0.25) is 14.9 Å². The Kier molecular flexibility index (Phi) is 5.08. The Balaban J connectivity index is 3.00. The summed E-state index contributed by atoms with van der Waals surface area (Å²) in [4.78, 5) is 24.0. The predicted molar refractivity (Wildman–Crippen MR) is 77.9 cm³/mol. The van der Waals surface area contributed by atoms with Crippen LogP contribution in [0.1, 0.15) is 24.2 Å². The zero-order chi connectivity index (χ0) is 15.5. The quantitative estimate of drug-likeness (QED) is 0.667. The lowest BCUT2D eigenvalue weighted by molar-refractivity contribution is -0.384. The third-order valence-electron chi connectivity index (χ3n) is 2.90. The van der Waals surface area contributed by atoms with Gasteiger partial charge in [0.05, 0.1) is 4.92 Å². The van der Waals surface area contributed by atoms with Gasteiger partial charge in [0.25, 0.3) is 11.6 Å². The van der Waals surface area contributed by atoms with Gasteiger partial charge in [0, 0.05) is 36.3 Å². The molecule has 0 fully saturated rings. The van der Waals surface area contributed by atoms with Gasteiger partial charge in [-0.15, -0.1) is 0 Å². The number of benzene rings is 1. The smallest absolute Gasteiger partial charge is 0.271 e. The standard InChI is InChI=1S/C13H18ClN3O3/c1-13(2,7-15)8-16(3)12(18)9-4-10(14)6-11(5-9)17(19)20/h4-6H,7-8,15H2,1-3H3. The van der Waals surface area contributed by atoms with Crippen molar-refractivity contribution in [2.45, 2.75) is 13.8 Å². The van der Waals surface area contributed by atoms with Crippen molar-refractivity contribution in [3.63, 3.8) is 0 Å². The van der Waals surface area contributed by atoms with E-state index < -0.39 is 4.92 Å². The number of nitro groups is 1. The van der Waals surface area contributed by atoms with E-state index in [2.05, 4.69) is 0 Å². The zero-order valence-corrected chi connectivity index (χ0v) is 12.5. The average molecular weight is 300 g/mol. The number of amides is 1. The number of nitrogens with two attached hydrogens (primary N) is 1. The first kappa shape index (κ1) is 16.4. The minimum Gasteiger partial charge on any atom is -0.341 e. The van der Waals surface area contributed by atoms with Gasteiger partial charge in [-0.1, -0.05) is 25.4 Å². The molecule has 1 rings (SSSR count). The van der Waals surface area contributed by atoms with Crippen LogP contribution in [0.3, 0.4) is 0 Å². The summed E-state index contributed by atoms with van der Waals surface area (Å²) in [5, 5.41) is 10.9. The highest BCUT2D eigenvalue weighted by Crippen LogP contribution is 2.23. The van der Waals surface area contributed by atoms with Gasteiger partial charge in [0.1, 0.15) is 0 Å². The summed E-state index contributed by atoms with van der Waals surface area (Å²) in [6.45, 7) is 4.76. The van der Waals surface area contributed by atoms with E-state index in [1.54, 1.807) is 7.05 Å². The van der Waals surface area contributed by atoms with Gasteiger partial charge in [0.2, 0.25) is 0 Å². The summed E-state index contributed by atoms with van der Waals surface area (Å²) in [7, 11) is 1.63. The molecule has 0 saturated heterocycles. The van der Waals surface area contributed by atoms with Crippen molar-refractivity contribution in [3.05, 3.63) is 38.9 Å². The maximum absolute atomic E-state index is 12.3. The average Bonchev–Trinajstić information content (AvgIpc) is 2.36. The fourth-order valence-corrected chi connectivity index (χ4v) is 2.03. The van der Waals surface area contributed by atoms with Crippen LogP contribution in [0.25, 0.3) is 0 Å². The number of carbonyl (C=O) groups is 1. The van der Waals surface area contributed by atoms with Crippen molar-refractivity contribution < 1.29 is 9.72 Å². The number of hydrogen-bond donors (Lipinski definition) is 1. The van der Waals surface area contributed by atoms with Gasteiger partial charge in [-0.25, -0.2) is 0 Å². The lowest BCUT2D eigenvalue weighted by Crippen LogP contribution is -2.39. The number of carbonyl (C=O) groups excluding carboxylic acids is 1. The molecule has 0 spiro atoms. The number of rotatable bonds is 5. The van der Waals surface area contributed by atoms with E-state index >= 15 is 0 Å². The maximum atomic E-state index is 12.3. The Labute approximate surface area is 122 Å². The van der Waals surface area contributed by atoms with Crippen LogP contribution in [-0.4, -0.2) is 35.9 Å². The molecule has 0 aliphatic carbocycles. The zero-order valence-electron chi connectivity index (χ0n) is 11.7. The highest BCUT2D eigenvalue weighted by atomic mass is 35.5. The van der Waals surface area contributed by atoms with Gasteiger partial charge in [-0.05, 0) is 18.0 Å². The Morgan fingerprint density at radius 1 is 1.45 bits per heavy atom. The summed E-state index contributed by atoms with van der Waals surface area (Å²) < 4.78 is 0. The summed E-state index contributed by atoms with van der Waals surface area (Å²) in [6.07, 6.45) is 0. The van der Waals surface area contributed by atoms with Crippen molar-refractivity contribution >= 4 is 23.2 Å². The number of halogens is 1. The molecular weight excluding hydrogens is 282 g/mol. The molecule has 0 aliphatic rings. The van der Waals surface area contributed by atoms with Crippen molar-refractivity contribution in [2.24, 2.45) is 11.1 Å². The topological polar surface area (TPSA) is 89.5 Å². The molecule has 0 atom stereocenters. The number of hydrogen-bond acceptors (Lipinski definition) is 4. The Morgan fingerprint density at radius 2 is 2.05 bits per heavy atom. The number of non-ortho nitro benzene ring substituents is 1. The SMILES string of the molecule is CN(CC(C)(C)CN)C(=O)c1cc(Cl)cc([N+](=O)[O-])c1. The van der Waals surface area contributed by atoms with Crippen LogP contribution in [0.15, 0.2) is 18.2 Å². The molecule has 1 aromatic carbocycles. The maximum Gasteiger partial charge on any atom is 0.271 e. The van der Waals surface area contributed by atoms with Crippen molar-refractivity contribution in [1.29, 1.82) is 0 Å². The third-order valence-corrected chi connectivity index (χ3v) is 3.12. The molecule has 1 aromatic rings. The normalized spacial score (nSPS) is 11.2. The van der Waals surface area contributed by atoms with E-state index in [1.165, 1.54) is 23.1 Å². The first-order valence-electron chi connectivity index (χ1n) is 6.07. The molecule has 0 aliphatic heterocycles. The molecule has 0 heterocycles. The summed E-state index contributed by atoms with van der Waals surface area (Å²) in [5.74, 6) is -0.322. The minimum absolute atomic E-state index is 0.161. The van der Waals surface area contributed by atoms with Gasteiger partial charge in [-0.2, -0.15) is 0 Å². The van der Waals surface area contributed by atoms with E-state index in [9.17, 15) is 14.9 Å². The molecule has 0 unspecified atom stereocenters. The molecule has 0 radical (unpaired) electrons. The van der Waals surface area contributed by atoms with Gasteiger partial charge < -0.3 is 10.6 Å². The molecule has 1 amide bonds. The Bertz CT molecular complexity index is 532. The summed E-state index contributed by atoms with van der Waals surface area (Å²) in [6, 6.07) is 3.85. The predicted octanol–water partition coefficient (Wildman–Crippen LogP) is 2.31. The fourth-order valence-electron chi connectivity index (χ4n) is 1.80. The monoisotopic (exact) mass is 299 g/mol. The second-order valence-corrected chi connectivity index (χ2v) is 5.92. The second kappa shape index (κ2) is 6.19. The molecule has 6 nitrogen and oxygen atoms in total. The van der Waals surface area contributed by atoms with Crippen LogP contribution in [-0.2, 0) is 0 Å². The van der Waals surface area contributed by atoms with E-state index in [0.717, 1.165) is 0 Å². The van der Waals surface area contributed by atoms with Gasteiger partial charge in [0.15, 0.2) is 0 Å². The van der Waals surface area contributed by atoms with Crippen LogP contribution in [0.4, 0.5) is 5.69 Å². The molecular formula is C13H18ClN3O3. The summed E-state index contributed by atoms with van der Waals surface area (Å²) >= 11 is 5.81. The van der Waals surface area contributed by atoms with Crippen LogP contribution < -0.4 is 5.73 Å². The lowest BCUT2D eigenvalue weighted by Gasteiger charge is -2.29. The summed E-state index contributed by atoms with van der Waals surface area (Å²) in [5.41, 5.74) is 5.40. The second-order valence-electron chi connectivity index (χ2n) is 5.48. The van der Waals surface area contributed by atoms with Crippen LogP contribution in [0.5, 0.6) is 0 Å². The Hall–Kier alpha value is -1.66. The molecule has 7 heteroatoms. The van der Waals surface area contributed by atoms with Crippen LogP contribution in [0.2, 0.25) is 5.02 Å². The van der Waals surface area contributed by atoms with E-state index in [0.29, 0.717) is 13.1 Å². The van der Waals surface area contributed by atoms with E-state index in [1.807, 2.05) is 13.8 Å². The van der Waals surface area contributed by atoms with Crippen molar-refractivity contribution in [1.82, 2.24) is 4.90 Å². The van der Waals surface area contributed by atoms with Crippen molar-refractivity contribution in [3.8, 4) is 0 Å². The largest absolute Gasteiger partial charge is 0.341 e. The highest BCUT2D eigenvalue weighted by molar-refractivity contribution is 6.31. The first-order valence-corrected chi connectivity index (χ1v) is 6.44. The molecule has 2 N–H and O–H groups in total. The van der Waals surface area contributed by atoms with E-state index in [-0.39, 0.29) is 27.6 Å². The minimum atomic E-state index is -0.577. The molecule has 0 bridgehead atoms. The first-order chi connectivity index (χ1) is 9.16. The van der Waals surface area contributed by atoms with Crippen LogP contribution in [0, 0.1) is 15.5 Å². The third kappa shape index (κ3) is 4.18. The highest BCUT2D eigenvalue weighted by Gasteiger charge is 2.23.